The third-order valence-corrected chi connectivity index (χ3v) is 4.59. The van der Waals surface area contributed by atoms with E-state index in [4.69, 9.17) is 0 Å². The van der Waals surface area contributed by atoms with Gasteiger partial charge in [-0.05, 0) is 62.1 Å². The van der Waals surface area contributed by atoms with Gasteiger partial charge in [0, 0.05) is 30.0 Å². The summed E-state index contributed by atoms with van der Waals surface area (Å²) in [7, 11) is 0. The Balaban J connectivity index is 1.63. The van der Waals surface area contributed by atoms with Crippen molar-refractivity contribution < 1.29 is 4.79 Å². The van der Waals surface area contributed by atoms with Crippen LogP contribution in [0.15, 0.2) is 48.5 Å². The molecular weight excluding hydrogens is 284 g/mol. The maximum absolute atomic E-state index is 12.2. The van der Waals surface area contributed by atoms with Crippen LogP contribution in [-0.2, 0) is 0 Å². The molecule has 1 fully saturated rings. The van der Waals surface area contributed by atoms with E-state index in [1.807, 2.05) is 43.3 Å². The molecule has 0 spiro atoms. The molecule has 0 unspecified atom stereocenters. The summed E-state index contributed by atoms with van der Waals surface area (Å²) in [5, 5.41) is 2.96. The van der Waals surface area contributed by atoms with Crippen molar-refractivity contribution >= 4 is 17.3 Å². The van der Waals surface area contributed by atoms with Crippen LogP contribution < -0.4 is 10.2 Å². The molecule has 120 valence electrons. The third kappa shape index (κ3) is 3.92. The summed E-state index contributed by atoms with van der Waals surface area (Å²) >= 11 is 0. The average molecular weight is 308 g/mol. The minimum absolute atomic E-state index is 0.0652. The maximum Gasteiger partial charge on any atom is 0.255 e. The van der Waals surface area contributed by atoms with Gasteiger partial charge in [0.05, 0.1) is 0 Å². The van der Waals surface area contributed by atoms with Crippen molar-refractivity contribution in [2.24, 2.45) is 5.92 Å². The Morgan fingerprint density at radius 3 is 2.22 bits per heavy atom. The van der Waals surface area contributed by atoms with Gasteiger partial charge < -0.3 is 10.2 Å². The zero-order chi connectivity index (χ0) is 16.2. The van der Waals surface area contributed by atoms with Gasteiger partial charge in [-0.3, -0.25) is 4.79 Å². The van der Waals surface area contributed by atoms with E-state index < -0.39 is 0 Å². The first-order chi connectivity index (χ1) is 11.1. The number of aryl methyl sites for hydroxylation is 1. The summed E-state index contributed by atoms with van der Waals surface area (Å²) in [5.41, 5.74) is 3.92. The van der Waals surface area contributed by atoms with Crippen LogP contribution in [0.3, 0.4) is 0 Å². The fraction of sp³-hybridized carbons (Fsp3) is 0.350. The van der Waals surface area contributed by atoms with Crippen molar-refractivity contribution in [2.75, 3.05) is 23.3 Å². The van der Waals surface area contributed by atoms with Crippen LogP contribution >= 0.6 is 0 Å². The predicted molar refractivity (Wildman–Crippen MR) is 96.2 cm³/mol. The van der Waals surface area contributed by atoms with Gasteiger partial charge in [-0.2, -0.15) is 0 Å². The molecule has 3 nitrogen and oxygen atoms in total. The van der Waals surface area contributed by atoms with E-state index in [9.17, 15) is 4.79 Å². The lowest BCUT2D eigenvalue weighted by atomic mass is 9.99. The molecule has 1 saturated heterocycles. The van der Waals surface area contributed by atoms with Crippen molar-refractivity contribution in [3.63, 3.8) is 0 Å². The quantitative estimate of drug-likeness (QED) is 0.906. The SMILES string of the molecule is Cc1ccc(C(=O)Nc2ccc(N3CCC(C)CC3)cc2)cc1. The number of benzene rings is 2. The molecule has 1 aliphatic heterocycles. The highest BCUT2D eigenvalue weighted by molar-refractivity contribution is 6.04. The fourth-order valence-corrected chi connectivity index (χ4v) is 2.93. The minimum atomic E-state index is -0.0652. The number of piperidine rings is 1. The van der Waals surface area contributed by atoms with Crippen LogP contribution in [-0.4, -0.2) is 19.0 Å². The van der Waals surface area contributed by atoms with E-state index in [2.05, 4.69) is 29.3 Å². The molecule has 1 amide bonds. The van der Waals surface area contributed by atoms with Gasteiger partial charge in [0.15, 0.2) is 0 Å². The molecule has 1 heterocycles. The molecular formula is C20H24N2O. The van der Waals surface area contributed by atoms with Gasteiger partial charge in [-0.25, -0.2) is 0 Å². The number of carbonyl (C=O) groups excluding carboxylic acids is 1. The molecule has 2 aromatic carbocycles. The molecule has 2 aromatic rings. The van der Waals surface area contributed by atoms with Gasteiger partial charge >= 0.3 is 0 Å². The van der Waals surface area contributed by atoms with Crippen LogP contribution in [0.25, 0.3) is 0 Å². The fourth-order valence-electron chi connectivity index (χ4n) is 2.93. The third-order valence-electron chi connectivity index (χ3n) is 4.59. The molecule has 0 aliphatic carbocycles. The van der Waals surface area contributed by atoms with E-state index in [0.29, 0.717) is 5.56 Å². The van der Waals surface area contributed by atoms with Gasteiger partial charge in [-0.1, -0.05) is 24.6 Å². The highest BCUT2D eigenvalue weighted by Gasteiger charge is 2.16. The predicted octanol–water partition coefficient (Wildman–Crippen LogP) is 4.48. The molecule has 0 atom stereocenters. The molecule has 1 aliphatic rings. The normalized spacial score (nSPS) is 15.5. The van der Waals surface area contributed by atoms with Crippen LogP contribution in [0, 0.1) is 12.8 Å². The highest BCUT2D eigenvalue weighted by Crippen LogP contribution is 2.24. The lowest BCUT2D eigenvalue weighted by Gasteiger charge is -2.32. The van der Waals surface area contributed by atoms with Crippen LogP contribution in [0.5, 0.6) is 0 Å². The summed E-state index contributed by atoms with van der Waals surface area (Å²) in [4.78, 5) is 14.6. The van der Waals surface area contributed by atoms with Gasteiger partial charge in [-0.15, -0.1) is 0 Å². The second-order valence-electron chi connectivity index (χ2n) is 6.54. The number of carbonyl (C=O) groups is 1. The van der Waals surface area contributed by atoms with Crippen LogP contribution in [0.4, 0.5) is 11.4 Å². The number of hydrogen-bond acceptors (Lipinski definition) is 2. The first-order valence-corrected chi connectivity index (χ1v) is 8.35. The topological polar surface area (TPSA) is 32.3 Å². The summed E-state index contributed by atoms with van der Waals surface area (Å²) in [6.07, 6.45) is 2.51. The van der Waals surface area contributed by atoms with E-state index >= 15 is 0 Å². The van der Waals surface area contributed by atoms with E-state index in [1.165, 1.54) is 18.5 Å². The molecule has 0 bridgehead atoms. The first-order valence-electron chi connectivity index (χ1n) is 8.35. The van der Waals surface area contributed by atoms with Crippen molar-refractivity contribution in [3.8, 4) is 0 Å². The van der Waals surface area contributed by atoms with Crippen molar-refractivity contribution in [3.05, 3.63) is 59.7 Å². The minimum Gasteiger partial charge on any atom is -0.372 e. The maximum atomic E-state index is 12.2. The number of rotatable bonds is 3. The Morgan fingerprint density at radius 2 is 1.61 bits per heavy atom. The highest BCUT2D eigenvalue weighted by atomic mass is 16.1. The zero-order valence-electron chi connectivity index (χ0n) is 13.9. The number of amides is 1. The lowest BCUT2D eigenvalue weighted by molar-refractivity contribution is 0.102. The van der Waals surface area contributed by atoms with Crippen molar-refractivity contribution in [1.29, 1.82) is 0 Å². The van der Waals surface area contributed by atoms with Gasteiger partial charge in [0.1, 0.15) is 0 Å². The Labute approximate surface area is 138 Å². The second kappa shape index (κ2) is 6.86. The van der Waals surface area contributed by atoms with Gasteiger partial charge in [0.2, 0.25) is 0 Å². The summed E-state index contributed by atoms with van der Waals surface area (Å²) in [6, 6.07) is 15.8. The second-order valence-corrected chi connectivity index (χ2v) is 6.54. The summed E-state index contributed by atoms with van der Waals surface area (Å²) < 4.78 is 0. The van der Waals surface area contributed by atoms with E-state index in [-0.39, 0.29) is 5.91 Å². The first kappa shape index (κ1) is 15.6. The van der Waals surface area contributed by atoms with Crippen molar-refractivity contribution in [2.45, 2.75) is 26.7 Å². The van der Waals surface area contributed by atoms with E-state index in [0.717, 1.165) is 30.3 Å². The number of hydrogen-bond donors (Lipinski definition) is 1. The Morgan fingerprint density at radius 1 is 1.00 bits per heavy atom. The Kier molecular flexibility index (Phi) is 4.65. The summed E-state index contributed by atoms with van der Waals surface area (Å²) in [6.45, 7) is 6.58. The smallest absolute Gasteiger partial charge is 0.255 e. The molecule has 3 heteroatoms. The molecule has 1 N–H and O–H groups in total. The number of nitrogens with zero attached hydrogens (tertiary/aromatic N) is 1. The largest absolute Gasteiger partial charge is 0.372 e. The van der Waals surface area contributed by atoms with Crippen LogP contribution in [0.2, 0.25) is 0 Å². The van der Waals surface area contributed by atoms with Crippen molar-refractivity contribution in [1.82, 2.24) is 0 Å². The Bertz CT molecular complexity index is 653. The summed E-state index contributed by atoms with van der Waals surface area (Å²) in [5.74, 6) is 0.767. The molecule has 0 saturated carbocycles. The average Bonchev–Trinajstić information content (AvgIpc) is 2.57. The number of nitrogens with one attached hydrogen (secondary N) is 1. The number of anilines is 2. The zero-order valence-corrected chi connectivity index (χ0v) is 13.9. The molecule has 0 radical (unpaired) electrons. The Hall–Kier alpha value is -2.29. The monoisotopic (exact) mass is 308 g/mol. The standard InChI is InChI=1S/C20H24N2O/c1-15-3-5-17(6-4-15)20(23)21-18-7-9-19(10-8-18)22-13-11-16(2)12-14-22/h3-10,16H,11-14H2,1-2H3,(H,21,23). The van der Waals surface area contributed by atoms with Crippen LogP contribution in [0.1, 0.15) is 35.7 Å². The van der Waals surface area contributed by atoms with Gasteiger partial charge in [0.25, 0.3) is 5.91 Å². The molecule has 23 heavy (non-hydrogen) atoms. The lowest BCUT2D eigenvalue weighted by Crippen LogP contribution is -2.32. The molecule has 0 aromatic heterocycles. The van der Waals surface area contributed by atoms with E-state index in [1.54, 1.807) is 0 Å². The molecule has 3 rings (SSSR count).